The zero-order valence-corrected chi connectivity index (χ0v) is 15.0. The normalized spacial score (nSPS) is 20.4. The topological polar surface area (TPSA) is 40.6 Å². The molecule has 2 amide bonds. The number of carbonyl (C=O) groups excluding carboxylic acids is 2. The van der Waals surface area contributed by atoms with Gasteiger partial charge >= 0.3 is 0 Å². The summed E-state index contributed by atoms with van der Waals surface area (Å²) in [6.07, 6.45) is 0.628. The molecule has 4 rings (SSSR count). The highest BCUT2D eigenvalue weighted by Crippen LogP contribution is 2.38. The molecular formula is C20H21ClN2O2. The lowest BCUT2D eigenvalue weighted by Crippen LogP contribution is -2.34. The van der Waals surface area contributed by atoms with E-state index in [0.29, 0.717) is 12.8 Å². The SMILES string of the molecule is CN1Cc2ccccc2[C@H](c2ccccc2N2C(=O)CCC2=O)C1.Cl. The first-order chi connectivity index (χ1) is 11.6. The highest BCUT2D eigenvalue weighted by molar-refractivity contribution is 6.20. The lowest BCUT2D eigenvalue weighted by molar-refractivity contribution is -0.121. The number of rotatable bonds is 2. The molecule has 0 radical (unpaired) electrons. The van der Waals surface area contributed by atoms with E-state index in [2.05, 4.69) is 42.3 Å². The number of likely N-dealkylation sites (N-methyl/N-ethyl adjacent to an activating group) is 1. The summed E-state index contributed by atoms with van der Waals surface area (Å²) < 4.78 is 0. The van der Waals surface area contributed by atoms with Crippen molar-refractivity contribution in [2.24, 2.45) is 0 Å². The lowest BCUT2D eigenvalue weighted by atomic mass is 9.84. The molecule has 0 unspecified atom stereocenters. The number of fused-ring (bicyclic) bond motifs is 1. The molecule has 2 aromatic rings. The van der Waals surface area contributed by atoms with Gasteiger partial charge in [-0.3, -0.25) is 14.5 Å². The molecule has 1 atom stereocenters. The van der Waals surface area contributed by atoms with E-state index in [1.54, 1.807) is 0 Å². The minimum Gasteiger partial charge on any atom is -0.301 e. The van der Waals surface area contributed by atoms with Crippen LogP contribution in [0.25, 0.3) is 0 Å². The number of benzene rings is 2. The number of anilines is 1. The summed E-state index contributed by atoms with van der Waals surface area (Å²) in [5.74, 6) is -0.0212. The Kier molecular flexibility index (Phi) is 4.93. The summed E-state index contributed by atoms with van der Waals surface area (Å²) in [4.78, 5) is 28.1. The van der Waals surface area contributed by atoms with Gasteiger partial charge in [0, 0.05) is 31.8 Å². The highest BCUT2D eigenvalue weighted by atomic mass is 35.5. The van der Waals surface area contributed by atoms with E-state index in [4.69, 9.17) is 0 Å². The fraction of sp³-hybridized carbons (Fsp3) is 0.300. The van der Waals surface area contributed by atoms with Crippen LogP contribution in [0.2, 0.25) is 0 Å². The summed E-state index contributed by atoms with van der Waals surface area (Å²) in [5.41, 5.74) is 4.41. The summed E-state index contributed by atoms with van der Waals surface area (Å²) in [7, 11) is 2.11. The first-order valence-corrected chi connectivity index (χ1v) is 8.36. The van der Waals surface area contributed by atoms with E-state index in [0.717, 1.165) is 24.3 Å². The Labute approximate surface area is 153 Å². The van der Waals surface area contributed by atoms with Crippen molar-refractivity contribution in [1.82, 2.24) is 4.90 Å². The molecule has 2 aliphatic rings. The molecule has 5 heteroatoms. The van der Waals surface area contributed by atoms with Crippen molar-refractivity contribution in [3.8, 4) is 0 Å². The Morgan fingerprint density at radius 2 is 1.48 bits per heavy atom. The van der Waals surface area contributed by atoms with Crippen LogP contribution in [0.15, 0.2) is 48.5 Å². The van der Waals surface area contributed by atoms with Crippen LogP contribution in [-0.2, 0) is 16.1 Å². The van der Waals surface area contributed by atoms with E-state index in [9.17, 15) is 9.59 Å². The summed E-state index contributed by atoms with van der Waals surface area (Å²) >= 11 is 0. The van der Waals surface area contributed by atoms with E-state index >= 15 is 0 Å². The van der Waals surface area contributed by atoms with Crippen LogP contribution in [0.1, 0.15) is 35.4 Å². The number of hydrogen-bond acceptors (Lipinski definition) is 3. The maximum atomic E-state index is 12.2. The number of halogens is 1. The van der Waals surface area contributed by atoms with Crippen LogP contribution in [-0.4, -0.2) is 30.3 Å². The Morgan fingerprint density at radius 1 is 0.880 bits per heavy atom. The molecule has 0 aromatic heterocycles. The smallest absolute Gasteiger partial charge is 0.234 e. The molecule has 25 heavy (non-hydrogen) atoms. The van der Waals surface area contributed by atoms with E-state index in [1.165, 1.54) is 16.0 Å². The van der Waals surface area contributed by atoms with Crippen LogP contribution in [0, 0.1) is 0 Å². The molecule has 1 saturated heterocycles. The van der Waals surface area contributed by atoms with Crippen molar-refractivity contribution >= 4 is 29.9 Å². The molecule has 130 valence electrons. The van der Waals surface area contributed by atoms with Crippen molar-refractivity contribution in [1.29, 1.82) is 0 Å². The van der Waals surface area contributed by atoms with Crippen LogP contribution in [0.3, 0.4) is 0 Å². The molecule has 2 aliphatic heterocycles. The maximum Gasteiger partial charge on any atom is 0.234 e. The zero-order chi connectivity index (χ0) is 16.7. The third-order valence-corrected chi connectivity index (χ3v) is 4.97. The van der Waals surface area contributed by atoms with Crippen LogP contribution >= 0.6 is 12.4 Å². The third kappa shape index (κ3) is 3.08. The van der Waals surface area contributed by atoms with Gasteiger partial charge < -0.3 is 4.90 Å². The van der Waals surface area contributed by atoms with Gasteiger partial charge in [-0.25, -0.2) is 0 Å². The molecule has 4 nitrogen and oxygen atoms in total. The molecule has 0 bridgehead atoms. The Bertz CT molecular complexity index is 805. The fourth-order valence-corrected chi connectivity index (χ4v) is 3.88. The molecule has 0 N–H and O–H groups in total. The molecule has 2 aromatic carbocycles. The van der Waals surface area contributed by atoms with Gasteiger partial charge in [0.05, 0.1) is 5.69 Å². The van der Waals surface area contributed by atoms with E-state index < -0.39 is 0 Å². The van der Waals surface area contributed by atoms with Crippen LogP contribution < -0.4 is 4.90 Å². The number of carbonyl (C=O) groups is 2. The third-order valence-electron chi connectivity index (χ3n) is 4.97. The predicted octanol–water partition coefficient (Wildman–Crippen LogP) is 3.34. The molecule has 1 fully saturated rings. The van der Waals surface area contributed by atoms with Gasteiger partial charge in [-0.1, -0.05) is 42.5 Å². The van der Waals surface area contributed by atoms with Crippen molar-refractivity contribution in [2.75, 3.05) is 18.5 Å². The average molecular weight is 357 g/mol. The first-order valence-electron chi connectivity index (χ1n) is 8.36. The molecule has 2 heterocycles. The zero-order valence-electron chi connectivity index (χ0n) is 14.1. The van der Waals surface area contributed by atoms with Crippen molar-refractivity contribution in [2.45, 2.75) is 25.3 Å². The van der Waals surface area contributed by atoms with Crippen molar-refractivity contribution < 1.29 is 9.59 Å². The number of amides is 2. The molecular weight excluding hydrogens is 336 g/mol. The highest BCUT2D eigenvalue weighted by Gasteiger charge is 2.34. The second kappa shape index (κ2) is 6.98. The monoisotopic (exact) mass is 356 g/mol. The molecule has 0 saturated carbocycles. The first kappa shape index (κ1) is 17.6. The predicted molar refractivity (Wildman–Crippen MR) is 100 cm³/mol. The standard InChI is InChI=1S/C20H20N2O2.ClH/c1-21-12-14-6-2-3-7-15(14)17(13-21)16-8-4-5-9-18(16)22-19(23)10-11-20(22)24;/h2-9,17H,10-13H2,1H3;1H/t17-;/m1./s1. The summed E-state index contributed by atoms with van der Waals surface area (Å²) in [6.45, 7) is 1.81. The second-order valence-electron chi connectivity index (χ2n) is 6.63. The Hall–Kier alpha value is -2.17. The number of nitrogens with zero attached hydrogens (tertiary/aromatic N) is 2. The largest absolute Gasteiger partial charge is 0.301 e. The van der Waals surface area contributed by atoms with E-state index in [-0.39, 0.29) is 30.1 Å². The molecule has 0 spiro atoms. The lowest BCUT2D eigenvalue weighted by Gasteiger charge is -2.34. The van der Waals surface area contributed by atoms with Gasteiger partial charge in [0.15, 0.2) is 0 Å². The van der Waals surface area contributed by atoms with Crippen LogP contribution in [0.4, 0.5) is 5.69 Å². The minimum absolute atomic E-state index is 0. The fourth-order valence-electron chi connectivity index (χ4n) is 3.88. The van der Waals surface area contributed by atoms with Gasteiger partial charge in [-0.15, -0.1) is 12.4 Å². The minimum atomic E-state index is -0.0927. The summed E-state index contributed by atoms with van der Waals surface area (Å²) in [6, 6.07) is 16.3. The number of imide groups is 1. The Balaban J connectivity index is 0.00000182. The number of hydrogen-bond donors (Lipinski definition) is 0. The maximum absolute atomic E-state index is 12.2. The average Bonchev–Trinajstić information content (AvgIpc) is 2.92. The van der Waals surface area contributed by atoms with Crippen LogP contribution in [0.5, 0.6) is 0 Å². The molecule has 0 aliphatic carbocycles. The van der Waals surface area contributed by atoms with E-state index in [1.807, 2.05) is 18.2 Å². The Morgan fingerprint density at radius 3 is 2.20 bits per heavy atom. The summed E-state index contributed by atoms with van der Waals surface area (Å²) in [5, 5.41) is 0. The quantitative estimate of drug-likeness (QED) is 0.775. The van der Waals surface area contributed by atoms with Crippen molar-refractivity contribution in [3.05, 3.63) is 65.2 Å². The van der Waals surface area contributed by atoms with Gasteiger partial charge in [-0.2, -0.15) is 0 Å². The van der Waals surface area contributed by atoms with Gasteiger partial charge in [0.1, 0.15) is 0 Å². The van der Waals surface area contributed by atoms with Crippen molar-refractivity contribution in [3.63, 3.8) is 0 Å². The number of para-hydroxylation sites is 1. The van der Waals surface area contributed by atoms with Gasteiger partial charge in [-0.05, 0) is 29.8 Å². The van der Waals surface area contributed by atoms with Gasteiger partial charge in [0.2, 0.25) is 11.8 Å². The van der Waals surface area contributed by atoms with Gasteiger partial charge in [0.25, 0.3) is 0 Å². The second-order valence-corrected chi connectivity index (χ2v) is 6.63.